The van der Waals surface area contributed by atoms with E-state index in [2.05, 4.69) is 36.5 Å². The van der Waals surface area contributed by atoms with Crippen molar-refractivity contribution >= 4 is 29.7 Å². The molecule has 0 radical (unpaired) electrons. The number of aromatic nitrogens is 1. The third-order valence-electron chi connectivity index (χ3n) is 5.26. The van der Waals surface area contributed by atoms with Gasteiger partial charge in [0.25, 0.3) is 0 Å². The van der Waals surface area contributed by atoms with E-state index < -0.39 is 0 Å². The molecule has 1 aromatic carbocycles. The third-order valence-corrected chi connectivity index (χ3v) is 6.26. The lowest BCUT2D eigenvalue weighted by atomic mass is 10.0. The van der Waals surface area contributed by atoms with Gasteiger partial charge in [0.1, 0.15) is 0 Å². The van der Waals surface area contributed by atoms with Crippen LogP contribution < -0.4 is 10.2 Å². The minimum Gasteiger partial charge on any atom is -0.333 e. The summed E-state index contributed by atoms with van der Waals surface area (Å²) in [4.78, 5) is 28.0. The Bertz CT molecular complexity index is 829. The lowest BCUT2D eigenvalue weighted by molar-refractivity contribution is -0.134. The molecule has 1 N–H and O–H groups in total. The highest BCUT2D eigenvalue weighted by Crippen LogP contribution is 2.24. The largest absolute Gasteiger partial charge is 0.333 e. The summed E-state index contributed by atoms with van der Waals surface area (Å²) in [7, 11) is 0. The van der Waals surface area contributed by atoms with E-state index in [1.807, 2.05) is 18.7 Å². The fourth-order valence-electron chi connectivity index (χ4n) is 3.47. The van der Waals surface area contributed by atoms with Crippen LogP contribution in [0.4, 0.5) is 0 Å². The zero-order valence-corrected chi connectivity index (χ0v) is 17.8. The maximum atomic E-state index is 12.9. The number of aryl methyl sites for hydroxylation is 2. The number of nitrogens with one attached hydrogen (secondary N) is 1. The van der Waals surface area contributed by atoms with Gasteiger partial charge in [0.15, 0.2) is 0 Å². The van der Waals surface area contributed by atoms with Gasteiger partial charge >= 0.3 is 4.87 Å². The van der Waals surface area contributed by atoms with E-state index in [0.29, 0.717) is 19.5 Å². The summed E-state index contributed by atoms with van der Waals surface area (Å²) in [6.07, 6.45) is 1.38. The molecule has 1 aliphatic rings. The molecule has 1 unspecified atom stereocenters. The third kappa shape index (κ3) is 4.81. The number of halogens is 1. The number of carbonyl (C=O) groups excluding carboxylic acids is 1. The second-order valence-corrected chi connectivity index (χ2v) is 7.98. The topological polar surface area (TPSA) is 54.3 Å². The van der Waals surface area contributed by atoms with Crippen molar-refractivity contribution in [1.82, 2.24) is 14.8 Å². The standard InChI is InChI=1S/C20H27N3O2S.ClH/c1-4-16-5-7-17(8-6-16)18-13-21-10-12-23(18)19(24)9-11-22-14(2)15(3)26-20(22)25;/h5-8,18,21H,4,9-13H2,1-3H3;1H. The van der Waals surface area contributed by atoms with Crippen LogP contribution in [-0.4, -0.2) is 35.0 Å². The number of rotatable bonds is 5. The van der Waals surface area contributed by atoms with Gasteiger partial charge in [0.05, 0.1) is 6.04 Å². The SMILES string of the molecule is CCc1ccc(C2CNCCN2C(=O)CCn2c(C)c(C)sc2=O)cc1.Cl. The van der Waals surface area contributed by atoms with Gasteiger partial charge in [-0.2, -0.15) is 0 Å². The Morgan fingerprint density at radius 2 is 1.96 bits per heavy atom. The number of hydrogen-bond acceptors (Lipinski definition) is 4. The molecule has 0 spiro atoms. The van der Waals surface area contributed by atoms with E-state index in [-0.39, 0.29) is 29.2 Å². The van der Waals surface area contributed by atoms with Gasteiger partial charge in [0, 0.05) is 43.2 Å². The van der Waals surface area contributed by atoms with Gasteiger partial charge in [-0.1, -0.05) is 42.5 Å². The molecule has 1 aromatic heterocycles. The maximum Gasteiger partial charge on any atom is 0.307 e. The molecular weight excluding hydrogens is 382 g/mol. The number of carbonyl (C=O) groups is 1. The molecule has 7 heteroatoms. The normalized spacial score (nSPS) is 16.9. The van der Waals surface area contributed by atoms with Crippen LogP contribution in [0.25, 0.3) is 0 Å². The van der Waals surface area contributed by atoms with Crippen LogP contribution in [0.5, 0.6) is 0 Å². The molecule has 1 saturated heterocycles. The van der Waals surface area contributed by atoms with E-state index in [9.17, 15) is 9.59 Å². The number of thiazole rings is 1. The first-order chi connectivity index (χ1) is 12.5. The van der Waals surface area contributed by atoms with Crippen LogP contribution in [0.2, 0.25) is 0 Å². The van der Waals surface area contributed by atoms with Crippen LogP contribution in [-0.2, 0) is 17.8 Å². The molecule has 27 heavy (non-hydrogen) atoms. The van der Waals surface area contributed by atoms with E-state index in [4.69, 9.17) is 0 Å². The van der Waals surface area contributed by atoms with E-state index in [0.717, 1.165) is 30.1 Å². The summed E-state index contributed by atoms with van der Waals surface area (Å²) < 4.78 is 1.73. The van der Waals surface area contributed by atoms with Crippen LogP contribution >= 0.6 is 23.7 Å². The van der Waals surface area contributed by atoms with Crippen LogP contribution in [0, 0.1) is 13.8 Å². The summed E-state index contributed by atoms with van der Waals surface area (Å²) in [6, 6.07) is 8.61. The Morgan fingerprint density at radius 1 is 1.26 bits per heavy atom. The molecule has 1 atom stereocenters. The number of piperazine rings is 1. The first-order valence-corrected chi connectivity index (χ1v) is 10.1. The van der Waals surface area contributed by atoms with Crippen LogP contribution in [0.3, 0.4) is 0 Å². The Kier molecular flexibility index (Phi) is 7.65. The lowest BCUT2D eigenvalue weighted by Gasteiger charge is -2.36. The number of hydrogen-bond donors (Lipinski definition) is 1. The molecule has 148 valence electrons. The second-order valence-electron chi connectivity index (χ2n) is 6.81. The zero-order valence-electron chi connectivity index (χ0n) is 16.2. The second kappa shape index (κ2) is 9.53. The number of nitrogens with zero attached hydrogens (tertiary/aromatic N) is 2. The summed E-state index contributed by atoms with van der Waals surface area (Å²) in [5.74, 6) is 0.117. The van der Waals surface area contributed by atoms with Crippen molar-refractivity contribution in [3.05, 3.63) is 55.6 Å². The molecule has 0 saturated carbocycles. The number of amides is 1. The van der Waals surface area contributed by atoms with E-state index in [1.54, 1.807) is 4.57 Å². The van der Waals surface area contributed by atoms with Gasteiger partial charge in [0.2, 0.25) is 5.91 Å². The molecule has 1 amide bonds. The van der Waals surface area contributed by atoms with Crippen molar-refractivity contribution in [1.29, 1.82) is 0 Å². The highest BCUT2D eigenvalue weighted by atomic mass is 35.5. The smallest absolute Gasteiger partial charge is 0.307 e. The summed E-state index contributed by atoms with van der Waals surface area (Å²) in [5.41, 5.74) is 3.44. The minimum absolute atomic E-state index is 0. The van der Waals surface area contributed by atoms with Gasteiger partial charge in [-0.25, -0.2) is 0 Å². The summed E-state index contributed by atoms with van der Waals surface area (Å²) >= 11 is 1.26. The van der Waals surface area contributed by atoms with Crippen molar-refractivity contribution in [3.63, 3.8) is 0 Å². The Hall–Kier alpha value is -1.63. The van der Waals surface area contributed by atoms with Gasteiger partial charge in [-0.3, -0.25) is 9.59 Å². The predicted octanol–water partition coefficient (Wildman–Crippen LogP) is 3.07. The average molecular weight is 410 g/mol. The highest BCUT2D eigenvalue weighted by molar-refractivity contribution is 7.09. The Labute approximate surface area is 170 Å². The molecule has 3 rings (SSSR count). The average Bonchev–Trinajstić information content (AvgIpc) is 2.91. The Balaban J connectivity index is 0.00000261. The monoisotopic (exact) mass is 409 g/mol. The lowest BCUT2D eigenvalue weighted by Crippen LogP contribution is -2.48. The minimum atomic E-state index is 0. The first-order valence-electron chi connectivity index (χ1n) is 9.27. The van der Waals surface area contributed by atoms with Crippen LogP contribution in [0.15, 0.2) is 29.1 Å². The molecule has 2 heterocycles. The van der Waals surface area contributed by atoms with Gasteiger partial charge in [-0.05, 0) is 31.4 Å². The fraction of sp³-hybridized carbons (Fsp3) is 0.500. The summed E-state index contributed by atoms with van der Waals surface area (Å²) in [5, 5.41) is 3.39. The molecule has 0 bridgehead atoms. The molecule has 0 aliphatic carbocycles. The predicted molar refractivity (Wildman–Crippen MR) is 113 cm³/mol. The van der Waals surface area contributed by atoms with Gasteiger partial charge < -0.3 is 14.8 Å². The summed E-state index contributed by atoms with van der Waals surface area (Å²) in [6.45, 7) is 8.78. The molecule has 5 nitrogen and oxygen atoms in total. The van der Waals surface area contributed by atoms with Crippen molar-refractivity contribution in [3.8, 4) is 0 Å². The molecule has 1 aliphatic heterocycles. The highest BCUT2D eigenvalue weighted by Gasteiger charge is 2.27. The quantitative estimate of drug-likeness (QED) is 0.825. The Morgan fingerprint density at radius 3 is 2.56 bits per heavy atom. The van der Waals surface area contributed by atoms with Gasteiger partial charge in [-0.15, -0.1) is 12.4 Å². The zero-order chi connectivity index (χ0) is 18.7. The fourth-order valence-corrected chi connectivity index (χ4v) is 4.33. The van der Waals surface area contributed by atoms with Crippen molar-refractivity contribution in [2.45, 2.75) is 46.2 Å². The first kappa shape index (κ1) is 21.7. The van der Waals surface area contributed by atoms with E-state index in [1.165, 1.54) is 22.5 Å². The molecule has 1 fully saturated rings. The van der Waals surface area contributed by atoms with Crippen molar-refractivity contribution in [2.75, 3.05) is 19.6 Å². The van der Waals surface area contributed by atoms with E-state index >= 15 is 0 Å². The maximum absolute atomic E-state index is 12.9. The molecular formula is C20H28ClN3O2S. The van der Waals surface area contributed by atoms with Crippen molar-refractivity contribution < 1.29 is 4.79 Å². The van der Waals surface area contributed by atoms with Crippen LogP contribution in [0.1, 0.15) is 41.1 Å². The molecule has 2 aromatic rings. The van der Waals surface area contributed by atoms with Crippen molar-refractivity contribution in [2.24, 2.45) is 0 Å². The number of benzene rings is 1.